The molecule has 2 aromatic carbocycles. The molecule has 7 rings (SSSR count). The summed E-state index contributed by atoms with van der Waals surface area (Å²) in [7, 11) is 0. The van der Waals surface area contributed by atoms with Crippen LogP contribution in [0.25, 0.3) is 0 Å². The minimum absolute atomic E-state index is 0.00546. The van der Waals surface area contributed by atoms with E-state index in [0.717, 1.165) is 21.9 Å². The molecule has 3 aromatic rings. The fraction of sp³-hybridized carbons (Fsp3) is 0.320. The fourth-order valence-corrected chi connectivity index (χ4v) is 10.0. The molecule has 0 spiro atoms. The second kappa shape index (κ2) is 7.47. The third-order valence-electron chi connectivity index (χ3n) is 8.04. The molecule has 9 heteroatoms. The molecule has 2 amide bonds. The highest BCUT2D eigenvalue weighted by molar-refractivity contribution is 8.00. The molecule has 3 heterocycles. The van der Waals surface area contributed by atoms with Crippen molar-refractivity contribution in [3.63, 3.8) is 0 Å². The molecule has 1 N–H and O–H groups in total. The number of amides is 2. The lowest BCUT2D eigenvalue weighted by Crippen LogP contribution is -2.42. The van der Waals surface area contributed by atoms with Crippen molar-refractivity contribution >= 4 is 63.8 Å². The number of carbonyl (C=O) groups excluding carboxylic acids is 2. The van der Waals surface area contributed by atoms with E-state index in [1.807, 2.05) is 24.3 Å². The summed E-state index contributed by atoms with van der Waals surface area (Å²) < 4.78 is 0. The van der Waals surface area contributed by atoms with Gasteiger partial charge in [-0.05, 0) is 66.1 Å². The summed E-state index contributed by atoms with van der Waals surface area (Å²) >= 11 is 15.2. The first-order chi connectivity index (χ1) is 16.4. The molecule has 1 saturated heterocycles. The van der Waals surface area contributed by atoms with Crippen molar-refractivity contribution in [1.29, 1.82) is 0 Å². The van der Waals surface area contributed by atoms with Crippen molar-refractivity contribution in [2.45, 2.75) is 22.6 Å². The number of halogens is 2. The lowest BCUT2D eigenvalue weighted by atomic mass is 9.68. The summed E-state index contributed by atoms with van der Waals surface area (Å²) in [6, 6.07) is 14.7. The zero-order valence-electron chi connectivity index (χ0n) is 17.6. The predicted octanol–water partition coefficient (Wildman–Crippen LogP) is 5.42. The van der Waals surface area contributed by atoms with Gasteiger partial charge in [-0.2, -0.15) is 0 Å². The van der Waals surface area contributed by atoms with Crippen LogP contribution in [0.1, 0.15) is 22.8 Å². The highest BCUT2D eigenvalue weighted by atomic mass is 35.5. The van der Waals surface area contributed by atoms with Crippen LogP contribution in [0, 0.1) is 29.6 Å². The average molecular weight is 529 g/mol. The van der Waals surface area contributed by atoms with Gasteiger partial charge in [0.15, 0.2) is 0 Å². The Hall–Kier alpha value is -2.06. The number of carbonyl (C=O) groups is 2. The number of benzene rings is 2. The normalized spacial score (nSPS) is 33.2. The number of hydrogen-bond acceptors (Lipinski definition) is 5. The quantitative estimate of drug-likeness (QED) is 0.450. The number of aromatic amines is 1. The highest BCUT2D eigenvalue weighted by Crippen LogP contribution is 2.68. The SMILES string of the molecule is O=C1[C@H]2[C@H]3C[C@@H]([C@@H]4Sc5[nH]c(=O)sc5[C@@H](c5ccc(Cl)cc5)[C@H]34)[C@@H]2C(=O)N1c1ccc(Cl)cc1. The van der Waals surface area contributed by atoms with Crippen molar-refractivity contribution in [1.82, 2.24) is 4.98 Å². The third kappa shape index (κ3) is 2.84. The minimum Gasteiger partial charge on any atom is -0.307 e. The van der Waals surface area contributed by atoms with E-state index >= 15 is 0 Å². The Labute approximate surface area is 213 Å². The lowest BCUT2D eigenvalue weighted by molar-refractivity contribution is -0.123. The van der Waals surface area contributed by atoms with Gasteiger partial charge < -0.3 is 4.98 Å². The van der Waals surface area contributed by atoms with Gasteiger partial charge in [-0.1, -0.05) is 46.7 Å². The van der Waals surface area contributed by atoms with E-state index in [2.05, 4.69) is 4.98 Å². The van der Waals surface area contributed by atoms with Gasteiger partial charge >= 0.3 is 4.87 Å². The van der Waals surface area contributed by atoms with Crippen molar-refractivity contribution in [3.8, 4) is 0 Å². The first-order valence-corrected chi connectivity index (χ1v) is 13.7. The molecule has 0 radical (unpaired) electrons. The van der Waals surface area contributed by atoms with Crippen LogP contribution >= 0.6 is 46.3 Å². The van der Waals surface area contributed by atoms with Crippen LogP contribution in [0.15, 0.2) is 58.4 Å². The number of anilines is 1. The number of thiazole rings is 1. The summed E-state index contributed by atoms with van der Waals surface area (Å²) in [6.07, 6.45) is 0.868. The Morgan fingerprint density at radius 2 is 1.47 bits per heavy atom. The largest absolute Gasteiger partial charge is 0.307 e. The van der Waals surface area contributed by atoms with E-state index in [-0.39, 0.29) is 57.4 Å². The van der Waals surface area contributed by atoms with E-state index in [9.17, 15) is 14.4 Å². The second-order valence-electron chi connectivity index (χ2n) is 9.50. The summed E-state index contributed by atoms with van der Waals surface area (Å²) in [4.78, 5) is 44.9. The fourth-order valence-electron chi connectivity index (χ4n) is 6.90. The maximum Gasteiger partial charge on any atom is 0.305 e. The molecule has 1 aromatic heterocycles. The van der Waals surface area contributed by atoms with Gasteiger partial charge in [0.25, 0.3) is 0 Å². The van der Waals surface area contributed by atoms with Crippen molar-refractivity contribution < 1.29 is 9.59 Å². The first kappa shape index (κ1) is 21.2. The summed E-state index contributed by atoms with van der Waals surface area (Å²) in [6.45, 7) is 0. The maximum absolute atomic E-state index is 13.7. The predicted molar refractivity (Wildman–Crippen MR) is 134 cm³/mol. The number of fused-ring (bicyclic) bond motifs is 9. The van der Waals surface area contributed by atoms with Crippen LogP contribution in [-0.4, -0.2) is 22.0 Å². The monoisotopic (exact) mass is 528 g/mol. The molecule has 34 heavy (non-hydrogen) atoms. The van der Waals surface area contributed by atoms with E-state index in [0.29, 0.717) is 15.7 Å². The standard InChI is InChI=1S/C25H18Cl2N2O3S2/c26-11-3-1-10(2-4-11)16-17-14-9-15(20(17)33-22-21(16)34-25(32)28-22)19-18(14)23(30)29(24(19)31)13-7-5-12(27)6-8-13/h1-8,14-20H,9H2,(H,28,32)/t14-,15+,16-,17-,18-,19-,20-/m0/s1. The van der Waals surface area contributed by atoms with Crippen molar-refractivity contribution in [3.05, 3.63) is 78.7 Å². The Morgan fingerprint density at radius 3 is 2.15 bits per heavy atom. The summed E-state index contributed by atoms with van der Waals surface area (Å²) in [5, 5.41) is 2.31. The van der Waals surface area contributed by atoms with Gasteiger partial charge in [-0.15, -0.1) is 11.8 Å². The van der Waals surface area contributed by atoms with Gasteiger partial charge in [0.05, 0.1) is 22.5 Å². The van der Waals surface area contributed by atoms with Crippen molar-refractivity contribution in [2.75, 3.05) is 4.90 Å². The molecule has 2 aliphatic heterocycles. The number of imide groups is 1. The third-order valence-corrected chi connectivity index (χ3v) is 11.1. The molecule has 7 atom stereocenters. The van der Waals surface area contributed by atoms with Gasteiger partial charge in [-0.3, -0.25) is 19.3 Å². The zero-order valence-corrected chi connectivity index (χ0v) is 20.8. The number of nitrogens with one attached hydrogen (secondary N) is 1. The van der Waals surface area contributed by atoms with Gasteiger partial charge in [0, 0.05) is 26.1 Å². The Morgan fingerprint density at radius 1 is 0.853 bits per heavy atom. The van der Waals surface area contributed by atoms with E-state index in [4.69, 9.17) is 23.2 Å². The first-order valence-electron chi connectivity index (χ1n) is 11.2. The number of rotatable bonds is 2. The summed E-state index contributed by atoms with van der Waals surface area (Å²) in [5.74, 6) is -0.448. The van der Waals surface area contributed by atoms with Crippen LogP contribution in [0.5, 0.6) is 0 Å². The molecule has 2 aliphatic carbocycles. The average Bonchev–Trinajstić information content (AvgIpc) is 3.54. The molecule has 0 unspecified atom stereocenters. The number of H-pyrrole nitrogens is 1. The van der Waals surface area contributed by atoms with Crippen LogP contribution < -0.4 is 9.77 Å². The van der Waals surface area contributed by atoms with E-state index in [1.165, 1.54) is 16.2 Å². The number of hydrogen-bond donors (Lipinski definition) is 1. The highest BCUT2D eigenvalue weighted by Gasteiger charge is 2.69. The number of thioether (sulfide) groups is 1. The van der Waals surface area contributed by atoms with Crippen molar-refractivity contribution in [2.24, 2.45) is 29.6 Å². The lowest BCUT2D eigenvalue weighted by Gasteiger charge is -2.43. The van der Waals surface area contributed by atoms with Crippen LogP contribution in [0.3, 0.4) is 0 Å². The Balaban J connectivity index is 1.32. The second-order valence-corrected chi connectivity index (χ2v) is 12.6. The molecule has 3 fully saturated rings. The van der Waals surface area contributed by atoms with Crippen LogP contribution in [-0.2, 0) is 9.59 Å². The van der Waals surface area contributed by atoms with Gasteiger partial charge in [0.2, 0.25) is 11.8 Å². The summed E-state index contributed by atoms with van der Waals surface area (Å²) in [5.41, 5.74) is 1.69. The smallest absolute Gasteiger partial charge is 0.305 e. The van der Waals surface area contributed by atoms with Gasteiger partial charge in [-0.25, -0.2) is 0 Å². The van der Waals surface area contributed by atoms with E-state index < -0.39 is 0 Å². The van der Waals surface area contributed by atoms with Crippen LogP contribution in [0.2, 0.25) is 10.0 Å². The van der Waals surface area contributed by atoms with E-state index in [1.54, 1.807) is 36.0 Å². The van der Waals surface area contributed by atoms with Gasteiger partial charge in [0.1, 0.15) is 0 Å². The van der Waals surface area contributed by atoms with Crippen LogP contribution in [0.4, 0.5) is 5.69 Å². The molecular formula is C25H18Cl2N2O3S2. The maximum atomic E-state index is 13.7. The molecule has 172 valence electrons. The topological polar surface area (TPSA) is 70.2 Å². The molecule has 4 aliphatic rings. The molecule has 2 bridgehead atoms. The Bertz CT molecular complexity index is 1400. The molecular weight excluding hydrogens is 511 g/mol. The minimum atomic E-state index is -0.318. The molecule has 2 saturated carbocycles. The zero-order chi connectivity index (χ0) is 23.3. The Kier molecular flexibility index (Phi) is 4.67. The number of nitrogens with zero attached hydrogens (tertiary/aromatic N) is 1. The molecule has 5 nitrogen and oxygen atoms in total. The number of aromatic nitrogens is 1.